The van der Waals surface area contributed by atoms with E-state index in [9.17, 15) is 9.59 Å². The molecule has 0 saturated heterocycles. The molecule has 7 heteroatoms. The number of rotatable bonds is 6. The smallest absolute Gasteiger partial charge is 0.338 e. The Morgan fingerprint density at radius 2 is 2.00 bits per heavy atom. The third-order valence-corrected chi connectivity index (χ3v) is 5.19. The van der Waals surface area contributed by atoms with Gasteiger partial charge in [0.1, 0.15) is 5.69 Å². The molecule has 1 amide bonds. The van der Waals surface area contributed by atoms with E-state index in [0.717, 1.165) is 36.1 Å². The van der Waals surface area contributed by atoms with Gasteiger partial charge in [-0.25, -0.2) is 4.79 Å². The SMILES string of the molecule is CCn1nc(CCCOC(=O)c2ccc(C)cc2)c2c1C(=O)NCCCOCCC2. The molecule has 0 aliphatic carbocycles. The van der Waals surface area contributed by atoms with Gasteiger partial charge in [-0.3, -0.25) is 9.48 Å². The first kappa shape index (κ1) is 22.0. The fourth-order valence-electron chi connectivity index (χ4n) is 3.59. The summed E-state index contributed by atoms with van der Waals surface area (Å²) in [4.78, 5) is 24.9. The number of amides is 1. The molecule has 0 saturated carbocycles. The molecule has 2 heterocycles. The lowest BCUT2D eigenvalue weighted by Crippen LogP contribution is -2.28. The van der Waals surface area contributed by atoms with Gasteiger partial charge in [0, 0.05) is 31.9 Å². The van der Waals surface area contributed by atoms with Crippen LogP contribution in [0.1, 0.15) is 63.9 Å². The van der Waals surface area contributed by atoms with Gasteiger partial charge in [0.15, 0.2) is 0 Å². The fourth-order valence-corrected chi connectivity index (χ4v) is 3.59. The Morgan fingerprint density at radius 1 is 1.23 bits per heavy atom. The van der Waals surface area contributed by atoms with Crippen molar-refractivity contribution in [1.82, 2.24) is 15.1 Å². The van der Waals surface area contributed by atoms with Crippen LogP contribution in [0, 0.1) is 6.92 Å². The Morgan fingerprint density at radius 3 is 2.77 bits per heavy atom. The van der Waals surface area contributed by atoms with Gasteiger partial charge in [-0.1, -0.05) is 17.7 Å². The van der Waals surface area contributed by atoms with Crippen molar-refractivity contribution in [2.24, 2.45) is 0 Å². The van der Waals surface area contributed by atoms with Crippen LogP contribution >= 0.6 is 0 Å². The van der Waals surface area contributed by atoms with Crippen molar-refractivity contribution in [3.05, 3.63) is 52.3 Å². The number of nitrogens with one attached hydrogen (secondary N) is 1. The predicted molar refractivity (Wildman–Crippen MR) is 114 cm³/mol. The number of benzene rings is 1. The van der Waals surface area contributed by atoms with E-state index >= 15 is 0 Å². The maximum absolute atomic E-state index is 12.7. The minimum atomic E-state index is -0.315. The molecule has 1 aliphatic rings. The van der Waals surface area contributed by atoms with Crippen molar-refractivity contribution < 1.29 is 19.1 Å². The second-order valence-corrected chi connectivity index (χ2v) is 7.52. The number of nitrogens with zero attached hydrogens (tertiary/aromatic N) is 2. The summed E-state index contributed by atoms with van der Waals surface area (Å²) >= 11 is 0. The van der Waals surface area contributed by atoms with Gasteiger partial charge in [-0.05, 0) is 58.1 Å². The largest absolute Gasteiger partial charge is 0.462 e. The van der Waals surface area contributed by atoms with Crippen molar-refractivity contribution >= 4 is 11.9 Å². The number of fused-ring (bicyclic) bond motifs is 1. The van der Waals surface area contributed by atoms with Crippen LogP contribution in [-0.2, 0) is 28.9 Å². The Balaban J connectivity index is 1.64. The molecule has 1 aliphatic heterocycles. The van der Waals surface area contributed by atoms with Crippen LogP contribution in [-0.4, -0.2) is 48.0 Å². The first-order valence-electron chi connectivity index (χ1n) is 10.8. The number of hydrogen-bond acceptors (Lipinski definition) is 5. The Bertz CT molecular complexity index is 858. The van der Waals surface area contributed by atoms with Crippen LogP contribution < -0.4 is 5.32 Å². The van der Waals surface area contributed by atoms with E-state index in [1.807, 2.05) is 26.0 Å². The summed E-state index contributed by atoms with van der Waals surface area (Å²) in [7, 11) is 0. The number of hydrogen-bond donors (Lipinski definition) is 1. The number of ether oxygens (including phenoxy) is 2. The molecular weight excluding hydrogens is 382 g/mol. The van der Waals surface area contributed by atoms with Crippen molar-refractivity contribution in [3.63, 3.8) is 0 Å². The summed E-state index contributed by atoms with van der Waals surface area (Å²) in [6.45, 7) is 6.85. The summed E-state index contributed by atoms with van der Waals surface area (Å²) in [5.74, 6) is -0.386. The highest BCUT2D eigenvalue weighted by molar-refractivity contribution is 5.94. The molecule has 1 N–H and O–H groups in total. The number of carbonyl (C=O) groups is 2. The van der Waals surface area contributed by atoms with Gasteiger partial charge < -0.3 is 14.8 Å². The Hall–Kier alpha value is -2.67. The Kier molecular flexibility index (Phi) is 8.02. The highest BCUT2D eigenvalue weighted by Gasteiger charge is 2.22. The lowest BCUT2D eigenvalue weighted by atomic mass is 10.0. The second kappa shape index (κ2) is 10.9. The number of aromatic nitrogens is 2. The average Bonchev–Trinajstić information content (AvgIpc) is 3.08. The Labute approximate surface area is 177 Å². The first-order chi connectivity index (χ1) is 14.6. The minimum Gasteiger partial charge on any atom is -0.462 e. The fraction of sp³-hybridized carbons (Fsp3) is 0.522. The monoisotopic (exact) mass is 413 g/mol. The third kappa shape index (κ3) is 5.69. The average molecular weight is 414 g/mol. The van der Waals surface area contributed by atoms with Crippen LogP contribution in [0.2, 0.25) is 0 Å². The van der Waals surface area contributed by atoms with Crippen molar-refractivity contribution in [1.29, 1.82) is 0 Å². The topological polar surface area (TPSA) is 82.5 Å². The van der Waals surface area contributed by atoms with Crippen LogP contribution in [0.5, 0.6) is 0 Å². The quantitative estimate of drug-likeness (QED) is 0.581. The third-order valence-electron chi connectivity index (χ3n) is 5.19. The van der Waals surface area contributed by atoms with E-state index in [-0.39, 0.29) is 11.9 Å². The number of esters is 1. The number of carbonyl (C=O) groups excluding carboxylic acids is 2. The molecule has 0 fully saturated rings. The molecule has 0 radical (unpaired) electrons. The normalized spacial score (nSPS) is 15.1. The van der Waals surface area contributed by atoms with Gasteiger partial charge in [0.2, 0.25) is 0 Å². The summed E-state index contributed by atoms with van der Waals surface area (Å²) in [5.41, 5.74) is 4.22. The van der Waals surface area contributed by atoms with Crippen LogP contribution in [0.3, 0.4) is 0 Å². The zero-order chi connectivity index (χ0) is 21.3. The minimum absolute atomic E-state index is 0.0710. The molecule has 162 valence electrons. The molecule has 30 heavy (non-hydrogen) atoms. The molecule has 0 atom stereocenters. The van der Waals surface area contributed by atoms with Crippen molar-refractivity contribution in [3.8, 4) is 0 Å². The zero-order valence-electron chi connectivity index (χ0n) is 17.9. The van der Waals surface area contributed by atoms with Crippen LogP contribution in [0.4, 0.5) is 0 Å². The second-order valence-electron chi connectivity index (χ2n) is 7.52. The highest BCUT2D eigenvalue weighted by Crippen LogP contribution is 2.20. The van der Waals surface area contributed by atoms with E-state index in [4.69, 9.17) is 9.47 Å². The summed E-state index contributed by atoms with van der Waals surface area (Å²) in [6.07, 6.45) is 3.72. The zero-order valence-corrected chi connectivity index (χ0v) is 17.9. The molecular formula is C23H31N3O4. The molecule has 0 spiro atoms. The molecule has 3 rings (SSSR count). The van der Waals surface area contributed by atoms with E-state index in [0.29, 0.717) is 57.0 Å². The summed E-state index contributed by atoms with van der Waals surface area (Å²) in [5, 5.41) is 7.67. The van der Waals surface area contributed by atoms with Gasteiger partial charge in [-0.15, -0.1) is 0 Å². The molecule has 1 aromatic heterocycles. The maximum atomic E-state index is 12.7. The molecule has 0 bridgehead atoms. The van der Waals surface area contributed by atoms with Crippen molar-refractivity contribution in [2.75, 3.05) is 26.4 Å². The highest BCUT2D eigenvalue weighted by atomic mass is 16.5. The predicted octanol–water partition coefficient (Wildman–Crippen LogP) is 3.08. The van der Waals surface area contributed by atoms with Gasteiger partial charge in [0.25, 0.3) is 5.91 Å². The first-order valence-corrected chi connectivity index (χ1v) is 10.8. The molecule has 0 unspecified atom stereocenters. The van der Waals surface area contributed by atoms with Crippen LogP contribution in [0.15, 0.2) is 24.3 Å². The van der Waals surface area contributed by atoms with Crippen LogP contribution in [0.25, 0.3) is 0 Å². The molecule has 1 aromatic carbocycles. The van der Waals surface area contributed by atoms with Crippen molar-refractivity contribution in [2.45, 2.75) is 52.5 Å². The van der Waals surface area contributed by atoms with E-state index in [1.165, 1.54) is 0 Å². The lowest BCUT2D eigenvalue weighted by molar-refractivity contribution is 0.0500. The standard InChI is InChI=1S/C23H31N3O4/c1-3-26-21-19(7-4-14-29-15-6-13-24-22(21)27)20(25-26)8-5-16-30-23(28)18-11-9-17(2)10-12-18/h9-12H,3-8,13-16H2,1-2H3,(H,24,27). The summed E-state index contributed by atoms with van der Waals surface area (Å²) < 4.78 is 12.8. The van der Waals surface area contributed by atoms with Gasteiger partial charge in [-0.2, -0.15) is 5.10 Å². The van der Waals surface area contributed by atoms with Gasteiger partial charge in [0.05, 0.1) is 17.9 Å². The summed E-state index contributed by atoms with van der Waals surface area (Å²) in [6, 6.07) is 7.35. The number of aryl methyl sites for hydroxylation is 3. The van der Waals surface area contributed by atoms with E-state index in [1.54, 1.807) is 16.8 Å². The maximum Gasteiger partial charge on any atom is 0.338 e. The molecule has 2 aromatic rings. The molecule has 7 nitrogen and oxygen atoms in total. The lowest BCUT2D eigenvalue weighted by Gasteiger charge is -2.08. The van der Waals surface area contributed by atoms with Gasteiger partial charge >= 0.3 is 5.97 Å². The van der Waals surface area contributed by atoms with E-state index < -0.39 is 0 Å². The van der Waals surface area contributed by atoms with E-state index in [2.05, 4.69) is 10.4 Å².